The van der Waals surface area contributed by atoms with Crippen LogP contribution in [0.15, 0.2) is 35.2 Å². The van der Waals surface area contributed by atoms with Crippen molar-refractivity contribution >= 4 is 23.4 Å². The van der Waals surface area contributed by atoms with Gasteiger partial charge in [-0.2, -0.15) is 0 Å². The van der Waals surface area contributed by atoms with Crippen molar-refractivity contribution in [3.63, 3.8) is 0 Å². The highest BCUT2D eigenvalue weighted by Crippen LogP contribution is 2.22. The summed E-state index contributed by atoms with van der Waals surface area (Å²) >= 11 is 6.91. The third-order valence-electron chi connectivity index (χ3n) is 1.52. The van der Waals surface area contributed by atoms with E-state index in [1.54, 1.807) is 0 Å². The molecule has 0 N–H and O–H groups in total. The van der Waals surface area contributed by atoms with E-state index in [2.05, 4.69) is 6.58 Å². The van der Waals surface area contributed by atoms with Gasteiger partial charge in [0.1, 0.15) is 0 Å². The molecule has 0 aliphatic heterocycles. The van der Waals surface area contributed by atoms with Crippen LogP contribution in [0.2, 0.25) is 0 Å². The molecular weight excluding hydrogens is 226 g/mol. The van der Waals surface area contributed by atoms with Crippen LogP contribution in [0.5, 0.6) is 0 Å². The van der Waals surface area contributed by atoms with Crippen LogP contribution in [0.4, 0.5) is 8.78 Å². The normalized spacial score (nSPS) is 10.2. The first kappa shape index (κ1) is 11.5. The van der Waals surface area contributed by atoms with Crippen molar-refractivity contribution in [3.05, 3.63) is 42.0 Å². The smallest absolute Gasteiger partial charge is 0.159 e. The van der Waals surface area contributed by atoms with Crippen molar-refractivity contribution in [2.75, 3.05) is 11.6 Å². The topological polar surface area (TPSA) is 0 Å². The van der Waals surface area contributed by atoms with E-state index in [0.717, 1.165) is 11.6 Å². The summed E-state index contributed by atoms with van der Waals surface area (Å²) in [6.45, 7) is 3.71. The second-order valence-electron chi connectivity index (χ2n) is 2.75. The Balaban J connectivity index is 2.60. The zero-order valence-corrected chi connectivity index (χ0v) is 8.97. The fourth-order valence-corrected chi connectivity index (χ4v) is 1.82. The molecule has 0 unspecified atom stereocenters. The van der Waals surface area contributed by atoms with Gasteiger partial charge in [-0.1, -0.05) is 12.2 Å². The lowest BCUT2D eigenvalue weighted by atomic mass is 10.3. The maximum absolute atomic E-state index is 12.7. The van der Waals surface area contributed by atoms with Gasteiger partial charge in [0, 0.05) is 16.5 Å². The fraction of sp³-hybridized carbons (Fsp3) is 0.200. The molecule has 0 aliphatic rings. The number of rotatable bonds is 4. The highest BCUT2D eigenvalue weighted by molar-refractivity contribution is 7.99. The lowest BCUT2D eigenvalue weighted by molar-refractivity contribution is 0.506. The third kappa shape index (κ3) is 3.31. The van der Waals surface area contributed by atoms with E-state index in [1.807, 2.05) is 0 Å². The summed E-state index contributed by atoms with van der Waals surface area (Å²) in [5, 5.41) is 0. The summed E-state index contributed by atoms with van der Waals surface area (Å²) in [5.41, 5.74) is 0.862. The lowest BCUT2D eigenvalue weighted by Crippen LogP contribution is -1.88. The molecule has 76 valence electrons. The molecule has 1 aromatic carbocycles. The highest BCUT2D eigenvalue weighted by Gasteiger charge is 2.03. The summed E-state index contributed by atoms with van der Waals surface area (Å²) in [6.07, 6.45) is 0. The number of halogens is 3. The first-order valence-electron chi connectivity index (χ1n) is 3.94. The van der Waals surface area contributed by atoms with E-state index in [-0.39, 0.29) is 0 Å². The Morgan fingerprint density at radius 1 is 1.36 bits per heavy atom. The maximum Gasteiger partial charge on any atom is 0.159 e. The second-order valence-corrected chi connectivity index (χ2v) is 4.06. The molecule has 0 spiro atoms. The minimum absolute atomic E-state index is 0.386. The molecule has 0 aliphatic carbocycles. The first-order chi connectivity index (χ1) is 6.63. The Morgan fingerprint density at radius 3 is 2.64 bits per heavy atom. The van der Waals surface area contributed by atoms with Gasteiger partial charge in [-0.15, -0.1) is 23.4 Å². The maximum atomic E-state index is 12.7. The van der Waals surface area contributed by atoms with E-state index in [9.17, 15) is 8.78 Å². The Bertz CT molecular complexity index is 339. The van der Waals surface area contributed by atoms with E-state index in [0.29, 0.717) is 16.5 Å². The van der Waals surface area contributed by atoms with Crippen molar-refractivity contribution in [2.45, 2.75) is 4.90 Å². The number of thioether (sulfide) groups is 1. The monoisotopic (exact) mass is 234 g/mol. The molecule has 0 atom stereocenters. The standard InChI is InChI=1S/C10H9ClF2S/c1-7(5-11)6-14-8-2-3-9(12)10(13)4-8/h2-4H,1,5-6H2. The molecule has 0 fully saturated rings. The van der Waals surface area contributed by atoms with Gasteiger partial charge in [0.05, 0.1) is 0 Å². The molecule has 1 aromatic rings. The van der Waals surface area contributed by atoms with Gasteiger partial charge in [0.2, 0.25) is 0 Å². The Morgan fingerprint density at radius 2 is 2.07 bits per heavy atom. The van der Waals surface area contributed by atoms with Crippen molar-refractivity contribution in [3.8, 4) is 0 Å². The van der Waals surface area contributed by atoms with Crippen molar-refractivity contribution in [1.82, 2.24) is 0 Å². The van der Waals surface area contributed by atoms with Crippen molar-refractivity contribution < 1.29 is 8.78 Å². The largest absolute Gasteiger partial charge is 0.204 e. The SMILES string of the molecule is C=C(CCl)CSc1ccc(F)c(F)c1. The first-order valence-corrected chi connectivity index (χ1v) is 5.46. The fourth-order valence-electron chi connectivity index (χ4n) is 0.791. The van der Waals surface area contributed by atoms with Gasteiger partial charge in [-0.3, -0.25) is 0 Å². The number of hydrogen-bond donors (Lipinski definition) is 0. The number of hydrogen-bond acceptors (Lipinski definition) is 1. The zero-order valence-electron chi connectivity index (χ0n) is 7.40. The molecule has 0 heterocycles. The Kier molecular flexibility index (Phi) is 4.42. The molecule has 0 nitrogen and oxygen atoms in total. The summed E-state index contributed by atoms with van der Waals surface area (Å²) in [7, 11) is 0. The predicted octanol–water partition coefficient (Wildman–Crippen LogP) is 3.85. The van der Waals surface area contributed by atoms with Gasteiger partial charge in [0.25, 0.3) is 0 Å². The molecular formula is C10H9ClF2S. The molecule has 0 radical (unpaired) electrons. The second kappa shape index (κ2) is 5.37. The molecule has 4 heteroatoms. The molecule has 0 saturated heterocycles. The number of alkyl halides is 1. The molecule has 0 aromatic heterocycles. The van der Waals surface area contributed by atoms with E-state index in [1.165, 1.54) is 23.9 Å². The summed E-state index contributed by atoms with van der Waals surface area (Å²) in [5.74, 6) is -0.650. The molecule has 14 heavy (non-hydrogen) atoms. The van der Waals surface area contributed by atoms with Gasteiger partial charge in [-0.05, 0) is 18.2 Å². The Labute approximate surface area is 91.0 Å². The average Bonchev–Trinajstić information content (AvgIpc) is 2.19. The van der Waals surface area contributed by atoms with E-state index >= 15 is 0 Å². The van der Waals surface area contributed by atoms with E-state index in [4.69, 9.17) is 11.6 Å². The molecule has 0 bridgehead atoms. The van der Waals surface area contributed by atoms with Crippen LogP contribution in [0.25, 0.3) is 0 Å². The van der Waals surface area contributed by atoms with E-state index < -0.39 is 11.6 Å². The molecule has 1 rings (SSSR count). The van der Waals surface area contributed by atoms with Crippen LogP contribution in [-0.4, -0.2) is 11.6 Å². The number of benzene rings is 1. The van der Waals surface area contributed by atoms with Gasteiger partial charge in [-0.25, -0.2) is 8.78 Å². The lowest BCUT2D eigenvalue weighted by Gasteiger charge is -2.02. The summed E-state index contributed by atoms with van der Waals surface area (Å²) in [4.78, 5) is 0.676. The van der Waals surface area contributed by atoms with Gasteiger partial charge >= 0.3 is 0 Å². The van der Waals surface area contributed by atoms with Gasteiger partial charge < -0.3 is 0 Å². The summed E-state index contributed by atoms with van der Waals surface area (Å²) < 4.78 is 25.3. The van der Waals surface area contributed by atoms with Crippen LogP contribution in [-0.2, 0) is 0 Å². The molecule has 0 amide bonds. The quantitative estimate of drug-likeness (QED) is 0.433. The van der Waals surface area contributed by atoms with Crippen LogP contribution in [0.3, 0.4) is 0 Å². The van der Waals surface area contributed by atoms with Crippen LogP contribution in [0.1, 0.15) is 0 Å². The van der Waals surface area contributed by atoms with Gasteiger partial charge in [0.15, 0.2) is 11.6 Å². The minimum atomic E-state index is -0.828. The Hall–Kier alpha value is -0.540. The predicted molar refractivity (Wildman–Crippen MR) is 56.9 cm³/mol. The van der Waals surface area contributed by atoms with Crippen molar-refractivity contribution in [2.24, 2.45) is 0 Å². The minimum Gasteiger partial charge on any atom is -0.204 e. The van der Waals surface area contributed by atoms with Crippen LogP contribution in [0, 0.1) is 11.6 Å². The van der Waals surface area contributed by atoms with Crippen molar-refractivity contribution in [1.29, 1.82) is 0 Å². The molecule has 0 saturated carbocycles. The highest BCUT2D eigenvalue weighted by atomic mass is 35.5. The summed E-state index contributed by atoms with van der Waals surface area (Å²) in [6, 6.07) is 3.81. The third-order valence-corrected chi connectivity index (χ3v) is 3.04. The van der Waals surface area contributed by atoms with Crippen LogP contribution >= 0.6 is 23.4 Å². The van der Waals surface area contributed by atoms with Crippen LogP contribution < -0.4 is 0 Å². The zero-order chi connectivity index (χ0) is 10.6. The average molecular weight is 235 g/mol.